The fourth-order valence-electron chi connectivity index (χ4n) is 2.11. The topological polar surface area (TPSA) is 29.9 Å². The molecule has 0 amide bonds. The highest BCUT2D eigenvalue weighted by molar-refractivity contribution is 8.22. The second kappa shape index (κ2) is 6.28. The van der Waals surface area contributed by atoms with Gasteiger partial charge in [-0.2, -0.15) is 0 Å². The van der Waals surface area contributed by atoms with E-state index in [1.807, 2.05) is 54.1 Å². The van der Waals surface area contributed by atoms with E-state index in [0.717, 1.165) is 27.1 Å². The van der Waals surface area contributed by atoms with Crippen LogP contribution in [0.2, 0.25) is 0 Å². The molecule has 3 nitrogen and oxygen atoms in total. The van der Waals surface area contributed by atoms with Crippen LogP contribution in [0.5, 0.6) is 0 Å². The summed E-state index contributed by atoms with van der Waals surface area (Å²) in [5.74, 6) is 1.64. The molecule has 2 aromatic carbocycles. The largest absolute Gasteiger partial charge is 0.313 e. The van der Waals surface area contributed by atoms with E-state index in [1.165, 1.54) is 5.56 Å². The van der Waals surface area contributed by atoms with E-state index in [-0.39, 0.29) is 0 Å². The molecule has 0 saturated carbocycles. The molecular formula is C16H15N3S2. The molecule has 0 fully saturated rings. The number of hydrogen-bond acceptors (Lipinski definition) is 3. The van der Waals surface area contributed by atoms with Gasteiger partial charge in [-0.15, -0.1) is 0 Å². The predicted octanol–water partition coefficient (Wildman–Crippen LogP) is 4.20. The SMILES string of the molecule is Cn1c(NC(=S)SCc2ccccc2)nc2ccccc21. The van der Waals surface area contributed by atoms with E-state index >= 15 is 0 Å². The van der Waals surface area contributed by atoms with Crippen LogP contribution in [0.4, 0.5) is 5.95 Å². The van der Waals surface area contributed by atoms with Crippen LogP contribution in [0, 0.1) is 0 Å². The standard InChI is InChI=1S/C16H15N3S2/c1-19-14-10-6-5-9-13(14)17-15(19)18-16(20)21-11-12-7-3-2-4-8-12/h2-10H,11H2,1H3,(H,17,18,20). The first-order chi connectivity index (χ1) is 10.2. The van der Waals surface area contributed by atoms with Crippen molar-refractivity contribution in [2.75, 3.05) is 5.32 Å². The third-order valence-electron chi connectivity index (χ3n) is 3.21. The van der Waals surface area contributed by atoms with Crippen LogP contribution in [0.25, 0.3) is 11.0 Å². The van der Waals surface area contributed by atoms with Crippen molar-refractivity contribution < 1.29 is 0 Å². The van der Waals surface area contributed by atoms with E-state index in [2.05, 4.69) is 22.4 Å². The van der Waals surface area contributed by atoms with Crippen LogP contribution in [-0.4, -0.2) is 13.9 Å². The third kappa shape index (κ3) is 3.25. The molecule has 0 radical (unpaired) electrons. The first-order valence-electron chi connectivity index (χ1n) is 6.63. The number of thioether (sulfide) groups is 1. The Kier molecular flexibility index (Phi) is 4.22. The number of nitrogens with zero attached hydrogens (tertiary/aromatic N) is 2. The minimum absolute atomic E-state index is 0.734. The highest BCUT2D eigenvalue weighted by atomic mass is 32.2. The summed E-state index contributed by atoms with van der Waals surface area (Å²) in [6.45, 7) is 0. The van der Waals surface area contributed by atoms with Crippen molar-refractivity contribution in [3.05, 3.63) is 60.2 Å². The summed E-state index contributed by atoms with van der Waals surface area (Å²) < 4.78 is 2.75. The van der Waals surface area contributed by atoms with Crippen molar-refractivity contribution in [3.8, 4) is 0 Å². The van der Waals surface area contributed by atoms with E-state index in [4.69, 9.17) is 12.2 Å². The minimum Gasteiger partial charge on any atom is -0.313 e. The van der Waals surface area contributed by atoms with E-state index in [9.17, 15) is 0 Å². The zero-order valence-electron chi connectivity index (χ0n) is 11.6. The van der Waals surface area contributed by atoms with Crippen molar-refractivity contribution in [3.63, 3.8) is 0 Å². The number of benzene rings is 2. The lowest BCUT2D eigenvalue weighted by molar-refractivity contribution is 0.963. The average molecular weight is 313 g/mol. The molecule has 106 valence electrons. The number of fused-ring (bicyclic) bond motifs is 1. The molecule has 3 aromatic rings. The van der Waals surface area contributed by atoms with Crippen LogP contribution in [0.3, 0.4) is 0 Å². The number of imidazole rings is 1. The van der Waals surface area contributed by atoms with Gasteiger partial charge in [0.25, 0.3) is 0 Å². The lowest BCUT2D eigenvalue weighted by Crippen LogP contribution is -2.09. The summed E-state index contributed by atoms with van der Waals surface area (Å²) >= 11 is 7.01. The number of nitrogens with one attached hydrogen (secondary N) is 1. The lowest BCUT2D eigenvalue weighted by atomic mass is 10.2. The van der Waals surface area contributed by atoms with Crippen molar-refractivity contribution >= 4 is 45.3 Å². The maximum atomic E-state index is 5.40. The Balaban J connectivity index is 1.67. The molecule has 21 heavy (non-hydrogen) atoms. The molecular weight excluding hydrogens is 298 g/mol. The van der Waals surface area contributed by atoms with Gasteiger partial charge < -0.3 is 9.88 Å². The van der Waals surface area contributed by atoms with Crippen molar-refractivity contribution in [2.24, 2.45) is 7.05 Å². The van der Waals surface area contributed by atoms with Crippen molar-refractivity contribution in [1.82, 2.24) is 9.55 Å². The summed E-state index contributed by atoms with van der Waals surface area (Å²) in [4.78, 5) is 4.56. The number of para-hydroxylation sites is 2. The zero-order valence-corrected chi connectivity index (χ0v) is 13.2. The average Bonchev–Trinajstić information content (AvgIpc) is 2.83. The highest BCUT2D eigenvalue weighted by Gasteiger charge is 2.08. The monoisotopic (exact) mass is 313 g/mol. The van der Waals surface area contributed by atoms with Gasteiger partial charge in [-0.05, 0) is 17.7 Å². The molecule has 0 unspecified atom stereocenters. The summed E-state index contributed by atoms with van der Waals surface area (Å²) in [5, 5.41) is 3.22. The maximum absolute atomic E-state index is 5.40. The Bertz CT molecular complexity index is 766. The molecule has 0 aliphatic carbocycles. The molecule has 0 aliphatic heterocycles. The molecule has 0 saturated heterocycles. The molecule has 5 heteroatoms. The Morgan fingerprint density at radius 2 is 1.86 bits per heavy atom. The molecule has 3 rings (SSSR count). The minimum atomic E-state index is 0.734. The van der Waals surface area contributed by atoms with Crippen LogP contribution < -0.4 is 5.32 Å². The molecule has 0 aliphatic rings. The smallest absolute Gasteiger partial charge is 0.209 e. The highest BCUT2D eigenvalue weighted by Crippen LogP contribution is 2.20. The fraction of sp³-hybridized carbons (Fsp3) is 0.125. The van der Waals surface area contributed by atoms with Gasteiger partial charge in [-0.25, -0.2) is 4.98 Å². The van der Waals surface area contributed by atoms with E-state index < -0.39 is 0 Å². The molecule has 0 spiro atoms. The first kappa shape index (κ1) is 14.1. The normalized spacial score (nSPS) is 10.7. The number of anilines is 1. The summed E-state index contributed by atoms with van der Waals surface area (Å²) in [5.41, 5.74) is 3.32. The van der Waals surface area contributed by atoms with Crippen LogP contribution in [-0.2, 0) is 12.8 Å². The molecule has 0 bridgehead atoms. The Morgan fingerprint density at radius 1 is 1.14 bits per heavy atom. The van der Waals surface area contributed by atoms with Gasteiger partial charge in [0, 0.05) is 12.8 Å². The van der Waals surface area contributed by atoms with Crippen molar-refractivity contribution in [1.29, 1.82) is 0 Å². The van der Waals surface area contributed by atoms with Gasteiger partial charge in [0.1, 0.15) is 4.32 Å². The second-order valence-electron chi connectivity index (χ2n) is 4.67. The van der Waals surface area contributed by atoms with Gasteiger partial charge in [-0.1, -0.05) is 66.4 Å². The predicted molar refractivity (Wildman–Crippen MR) is 94.7 cm³/mol. The fourth-order valence-corrected chi connectivity index (χ4v) is 3.03. The Hall–Kier alpha value is -1.85. The Morgan fingerprint density at radius 3 is 2.62 bits per heavy atom. The number of rotatable bonds is 3. The molecule has 0 atom stereocenters. The summed E-state index contributed by atoms with van der Waals surface area (Å²) in [7, 11) is 1.99. The summed E-state index contributed by atoms with van der Waals surface area (Å²) in [6, 6.07) is 18.3. The molecule has 1 heterocycles. The van der Waals surface area contributed by atoms with E-state index in [1.54, 1.807) is 11.8 Å². The quantitative estimate of drug-likeness (QED) is 0.734. The number of aryl methyl sites for hydroxylation is 1. The van der Waals surface area contributed by atoms with Gasteiger partial charge in [-0.3, -0.25) is 0 Å². The number of thiocarbonyl (C=S) groups is 1. The summed E-state index contributed by atoms with van der Waals surface area (Å²) in [6.07, 6.45) is 0. The number of hydrogen-bond donors (Lipinski definition) is 1. The van der Waals surface area contributed by atoms with Gasteiger partial charge in [0.2, 0.25) is 5.95 Å². The lowest BCUT2D eigenvalue weighted by Gasteiger charge is -2.07. The van der Waals surface area contributed by atoms with Gasteiger partial charge in [0.05, 0.1) is 11.0 Å². The second-order valence-corrected chi connectivity index (χ2v) is 6.32. The molecule has 1 N–H and O–H groups in total. The number of aromatic nitrogens is 2. The molecule has 1 aromatic heterocycles. The first-order valence-corrected chi connectivity index (χ1v) is 8.02. The van der Waals surface area contributed by atoms with Crippen LogP contribution >= 0.6 is 24.0 Å². The zero-order chi connectivity index (χ0) is 14.7. The van der Waals surface area contributed by atoms with Gasteiger partial charge >= 0.3 is 0 Å². The van der Waals surface area contributed by atoms with Crippen LogP contribution in [0.15, 0.2) is 54.6 Å². The maximum Gasteiger partial charge on any atom is 0.209 e. The Labute approximate surface area is 133 Å². The van der Waals surface area contributed by atoms with Crippen LogP contribution in [0.1, 0.15) is 5.56 Å². The van der Waals surface area contributed by atoms with Gasteiger partial charge in [0.15, 0.2) is 0 Å². The van der Waals surface area contributed by atoms with Crippen molar-refractivity contribution in [2.45, 2.75) is 5.75 Å². The third-order valence-corrected chi connectivity index (χ3v) is 4.51. The van der Waals surface area contributed by atoms with E-state index in [0.29, 0.717) is 0 Å².